The van der Waals surface area contributed by atoms with E-state index in [-0.39, 0.29) is 5.91 Å². The summed E-state index contributed by atoms with van der Waals surface area (Å²) < 4.78 is 16.6. The van der Waals surface area contributed by atoms with Crippen molar-refractivity contribution in [3.63, 3.8) is 0 Å². The van der Waals surface area contributed by atoms with Crippen LogP contribution in [0, 0.1) is 0 Å². The van der Waals surface area contributed by atoms with Crippen LogP contribution in [0.15, 0.2) is 82.5 Å². The largest absolute Gasteiger partial charge is 0.497 e. The maximum Gasteiger partial charge on any atom is 0.256 e. The van der Waals surface area contributed by atoms with Gasteiger partial charge in [-0.1, -0.05) is 12.1 Å². The Kier molecular flexibility index (Phi) is 7.49. The first kappa shape index (κ1) is 22.7. The summed E-state index contributed by atoms with van der Waals surface area (Å²) in [5.41, 5.74) is 4.01. The monoisotopic (exact) mass is 478 g/mol. The highest BCUT2D eigenvalue weighted by atomic mass is 32.2. The van der Waals surface area contributed by atoms with E-state index in [1.54, 1.807) is 67.7 Å². The Morgan fingerprint density at radius 2 is 1.76 bits per heavy atom. The van der Waals surface area contributed by atoms with Gasteiger partial charge in [-0.3, -0.25) is 4.79 Å². The van der Waals surface area contributed by atoms with Gasteiger partial charge < -0.3 is 19.5 Å². The number of thioether (sulfide) groups is 1. The third kappa shape index (κ3) is 5.85. The van der Waals surface area contributed by atoms with Crippen LogP contribution in [0.4, 0.5) is 5.69 Å². The fraction of sp³-hybridized carbons (Fsp3) is 0.120. The highest BCUT2D eigenvalue weighted by molar-refractivity contribution is 7.98. The molecule has 33 heavy (non-hydrogen) atoms. The molecule has 168 valence electrons. The maximum atomic E-state index is 13.1. The van der Waals surface area contributed by atoms with E-state index >= 15 is 0 Å². The first-order valence-electron chi connectivity index (χ1n) is 10.1. The molecule has 1 N–H and O–H groups in total. The number of hydrogen-bond acceptors (Lipinski definition) is 7. The van der Waals surface area contributed by atoms with Crippen molar-refractivity contribution in [2.24, 2.45) is 0 Å². The van der Waals surface area contributed by atoms with E-state index in [9.17, 15) is 4.79 Å². The number of nitrogens with zero attached hydrogens (tertiary/aromatic N) is 1. The summed E-state index contributed by atoms with van der Waals surface area (Å²) in [6.07, 6.45) is 0. The van der Waals surface area contributed by atoms with Gasteiger partial charge in [0.05, 0.1) is 31.0 Å². The molecule has 4 aromatic rings. The molecule has 3 aromatic carbocycles. The van der Waals surface area contributed by atoms with Gasteiger partial charge in [0, 0.05) is 27.8 Å². The number of methoxy groups -OCH3 is 2. The minimum atomic E-state index is -0.197. The van der Waals surface area contributed by atoms with Crippen LogP contribution in [0.2, 0.25) is 0 Å². The average Bonchev–Trinajstić information content (AvgIpc) is 3.37. The van der Waals surface area contributed by atoms with E-state index in [4.69, 9.17) is 14.2 Å². The second kappa shape index (κ2) is 10.9. The number of carbonyl (C=O) groups excluding carboxylic acids is 1. The van der Waals surface area contributed by atoms with Crippen LogP contribution in [0.1, 0.15) is 16.1 Å². The summed E-state index contributed by atoms with van der Waals surface area (Å²) in [5.74, 6) is 2.92. The topological polar surface area (TPSA) is 69.7 Å². The van der Waals surface area contributed by atoms with Crippen LogP contribution in [0.25, 0.3) is 0 Å². The molecule has 0 aliphatic carbocycles. The molecular weight excluding hydrogens is 456 g/mol. The molecule has 0 saturated carbocycles. The second-order valence-electron chi connectivity index (χ2n) is 6.86. The number of rotatable bonds is 9. The van der Waals surface area contributed by atoms with E-state index < -0.39 is 0 Å². The zero-order valence-electron chi connectivity index (χ0n) is 18.1. The van der Waals surface area contributed by atoms with E-state index in [0.29, 0.717) is 34.3 Å². The van der Waals surface area contributed by atoms with Crippen molar-refractivity contribution in [1.82, 2.24) is 4.98 Å². The molecule has 1 amide bonds. The first-order valence-corrected chi connectivity index (χ1v) is 12.0. The Bertz CT molecular complexity index is 1210. The highest BCUT2D eigenvalue weighted by Crippen LogP contribution is 2.35. The van der Waals surface area contributed by atoms with Gasteiger partial charge >= 0.3 is 0 Å². The lowest BCUT2D eigenvalue weighted by Crippen LogP contribution is -2.13. The molecule has 0 aliphatic rings. The van der Waals surface area contributed by atoms with Gasteiger partial charge in [-0.15, -0.1) is 23.1 Å². The number of ether oxygens (including phenoxy) is 3. The summed E-state index contributed by atoms with van der Waals surface area (Å²) in [5, 5.41) is 4.98. The third-order valence-corrected chi connectivity index (χ3v) is 6.44. The Morgan fingerprint density at radius 3 is 2.48 bits per heavy atom. The number of nitrogens with one attached hydrogen (secondary N) is 1. The molecule has 0 saturated heterocycles. The summed E-state index contributed by atoms with van der Waals surface area (Å²) in [4.78, 5) is 18.3. The van der Waals surface area contributed by atoms with Crippen molar-refractivity contribution in [3.05, 3.63) is 88.9 Å². The Labute approximate surface area is 200 Å². The summed E-state index contributed by atoms with van der Waals surface area (Å²) in [7, 11) is 3.19. The SMILES string of the molecule is COc1ccc(Oc2cc(NC(=O)c3ccccc3SCc3cscn3)ccc2OC)cc1. The van der Waals surface area contributed by atoms with Gasteiger partial charge in [0.1, 0.15) is 11.5 Å². The highest BCUT2D eigenvalue weighted by Gasteiger charge is 2.14. The molecule has 0 spiro atoms. The van der Waals surface area contributed by atoms with Gasteiger partial charge in [0.15, 0.2) is 11.5 Å². The van der Waals surface area contributed by atoms with Crippen molar-refractivity contribution in [2.45, 2.75) is 10.6 Å². The Balaban J connectivity index is 1.50. The number of hydrogen-bond donors (Lipinski definition) is 1. The van der Waals surface area contributed by atoms with Crippen molar-refractivity contribution < 1.29 is 19.0 Å². The van der Waals surface area contributed by atoms with Crippen molar-refractivity contribution >= 4 is 34.7 Å². The van der Waals surface area contributed by atoms with Gasteiger partial charge in [0.25, 0.3) is 5.91 Å². The molecule has 0 fully saturated rings. The zero-order chi connectivity index (χ0) is 23.0. The van der Waals surface area contributed by atoms with Crippen molar-refractivity contribution in [1.29, 1.82) is 0 Å². The Hall–Kier alpha value is -3.49. The first-order chi connectivity index (χ1) is 16.2. The smallest absolute Gasteiger partial charge is 0.256 e. The number of amides is 1. The van der Waals surface area contributed by atoms with Crippen molar-refractivity contribution in [3.8, 4) is 23.0 Å². The molecule has 0 atom stereocenters. The molecule has 4 rings (SSSR count). The van der Waals surface area contributed by atoms with Crippen LogP contribution in [-0.4, -0.2) is 25.1 Å². The van der Waals surface area contributed by atoms with Crippen LogP contribution in [-0.2, 0) is 5.75 Å². The van der Waals surface area contributed by atoms with Crippen LogP contribution in [0.5, 0.6) is 23.0 Å². The van der Waals surface area contributed by atoms with Gasteiger partial charge in [-0.25, -0.2) is 4.98 Å². The molecule has 0 aliphatic heterocycles. The fourth-order valence-corrected chi connectivity index (χ4v) is 4.66. The van der Waals surface area contributed by atoms with E-state index in [2.05, 4.69) is 10.3 Å². The normalized spacial score (nSPS) is 10.5. The van der Waals surface area contributed by atoms with Gasteiger partial charge in [-0.05, 0) is 48.5 Å². The molecule has 0 bridgehead atoms. The summed E-state index contributed by atoms with van der Waals surface area (Å²) in [6.45, 7) is 0. The quantitative estimate of drug-likeness (QED) is 0.277. The number of aromatic nitrogens is 1. The van der Waals surface area contributed by atoms with E-state index in [0.717, 1.165) is 16.3 Å². The minimum Gasteiger partial charge on any atom is -0.497 e. The standard InChI is InChI=1S/C25H22N2O4S2/c1-29-19-8-10-20(11-9-19)31-23-13-17(7-12-22(23)30-2)27-25(28)21-5-3-4-6-24(21)33-15-18-14-32-16-26-18/h3-14,16H,15H2,1-2H3,(H,27,28). The van der Waals surface area contributed by atoms with Gasteiger partial charge in [-0.2, -0.15) is 0 Å². The molecule has 6 nitrogen and oxygen atoms in total. The lowest BCUT2D eigenvalue weighted by Gasteiger charge is -2.14. The van der Waals surface area contributed by atoms with Crippen LogP contribution >= 0.6 is 23.1 Å². The van der Waals surface area contributed by atoms with E-state index in [1.807, 2.05) is 47.3 Å². The Morgan fingerprint density at radius 1 is 0.970 bits per heavy atom. The molecule has 1 heterocycles. The molecule has 0 radical (unpaired) electrons. The molecule has 8 heteroatoms. The number of benzene rings is 3. The predicted molar refractivity (Wildman–Crippen MR) is 132 cm³/mol. The fourth-order valence-electron chi connectivity index (χ4n) is 3.04. The van der Waals surface area contributed by atoms with Crippen LogP contribution in [0.3, 0.4) is 0 Å². The minimum absolute atomic E-state index is 0.197. The third-order valence-electron chi connectivity index (χ3n) is 4.70. The molecular formula is C25H22N2O4S2. The molecule has 1 aromatic heterocycles. The lowest BCUT2D eigenvalue weighted by atomic mass is 10.2. The number of carbonyl (C=O) groups is 1. The average molecular weight is 479 g/mol. The second-order valence-corrected chi connectivity index (χ2v) is 8.60. The van der Waals surface area contributed by atoms with Gasteiger partial charge in [0.2, 0.25) is 0 Å². The molecule has 0 unspecified atom stereocenters. The number of thiazole rings is 1. The predicted octanol–water partition coefficient (Wildman–Crippen LogP) is 6.50. The zero-order valence-corrected chi connectivity index (χ0v) is 19.7. The summed E-state index contributed by atoms with van der Waals surface area (Å²) in [6, 6.07) is 20.1. The number of anilines is 1. The van der Waals surface area contributed by atoms with E-state index in [1.165, 1.54) is 0 Å². The van der Waals surface area contributed by atoms with Crippen LogP contribution < -0.4 is 19.5 Å². The maximum absolute atomic E-state index is 13.1. The summed E-state index contributed by atoms with van der Waals surface area (Å²) >= 11 is 3.15. The van der Waals surface area contributed by atoms with Crippen molar-refractivity contribution in [2.75, 3.05) is 19.5 Å². The lowest BCUT2D eigenvalue weighted by molar-refractivity contribution is 0.102.